The number of urea groups is 1. The van der Waals surface area contributed by atoms with Gasteiger partial charge in [-0.1, -0.05) is 0 Å². The molecule has 1 aliphatic heterocycles. The number of hydrogen-bond donors (Lipinski definition) is 0. The quantitative estimate of drug-likeness (QED) is 0.809. The zero-order valence-corrected chi connectivity index (χ0v) is 14.3. The first-order valence-corrected chi connectivity index (χ1v) is 7.84. The molecule has 0 bridgehead atoms. The van der Waals surface area contributed by atoms with Gasteiger partial charge in [0.05, 0.1) is 0 Å². The summed E-state index contributed by atoms with van der Waals surface area (Å²) in [7, 11) is 3.48. The number of piperazine rings is 1. The molecule has 6 nitrogen and oxygen atoms in total. The summed E-state index contributed by atoms with van der Waals surface area (Å²) in [5.41, 5.74) is 0.691. The molecule has 2 heterocycles. The zero-order chi connectivity index (χ0) is 15.6. The minimum Gasteiger partial charge on any atom is -0.343 e. The number of halogens is 1. The number of hydrogen-bond acceptors (Lipinski definition) is 2. The van der Waals surface area contributed by atoms with Gasteiger partial charge >= 0.3 is 6.03 Å². The second-order valence-electron chi connectivity index (χ2n) is 5.29. The zero-order valence-electron chi connectivity index (χ0n) is 12.7. The summed E-state index contributed by atoms with van der Waals surface area (Å²) in [4.78, 5) is 29.6. The molecule has 0 atom stereocenters. The molecule has 7 heteroatoms. The van der Waals surface area contributed by atoms with E-state index in [1.54, 1.807) is 23.9 Å². The van der Waals surface area contributed by atoms with E-state index in [1.807, 2.05) is 28.7 Å². The largest absolute Gasteiger partial charge is 0.343 e. The summed E-state index contributed by atoms with van der Waals surface area (Å²) >= 11 is 3.41. The minimum atomic E-state index is 0.00165. The van der Waals surface area contributed by atoms with Gasteiger partial charge in [-0.3, -0.25) is 4.79 Å². The molecular weight excluding hydrogens is 336 g/mol. The predicted molar refractivity (Wildman–Crippen MR) is 84.4 cm³/mol. The average molecular weight is 357 g/mol. The normalized spacial score (nSPS) is 15.2. The lowest BCUT2D eigenvalue weighted by atomic mass is 10.3. The molecule has 1 saturated heterocycles. The highest BCUT2D eigenvalue weighted by atomic mass is 79.9. The summed E-state index contributed by atoms with van der Waals surface area (Å²) in [6, 6.07) is 1.85. The lowest BCUT2D eigenvalue weighted by Crippen LogP contribution is -2.53. The van der Waals surface area contributed by atoms with E-state index in [1.165, 1.54) is 0 Å². The molecule has 21 heavy (non-hydrogen) atoms. The Balaban J connectivity index is 2.02. The highest BCUT2D eigenvalue weighted by Gasteiger charge is 2.26. The van der Waals surface area contributed by atoms with Gasteiger partial charge < -0.3 is 19.3 Å². The maximum absolute atomic E-state index is 12.6. The first-order chi connectivity index (χ1) is 9.93. The Kier molecular flexibility index (Phi) is 4.92. The third-order valence-corrected chi connectivity index (χ3v) is 4.08. The molecule has 1 aromatic rings. The Morgan fingerprint density at radius 1 is 1.19 bits per heavy atom. The first kappa shape index (κ1) is 15.9. The highest BCUT2D eigenvalue weighted by molar-refractivity contribution is 9.10. The van der Waals surface area contributed by atoms with Crippen LogP contribution in [0.5, 0.6) is 0 Å². The molecule has 0 aliphatic carbocycles. The second-order valence-corrected chi connectivity index (χ2v) is 6.20. The van der Waals surface area contributed by atoms with Crippen molar-refractivity contribution in [2.45, 2.75) is 13.5 Å². The molecule has 1 aliphatic rings. The molecule has 0 spiro atoms. The van der Waals surface area contributed by atoms with Crippen LogP contribution in [0.15, 0.2) is 16.7 Å². The van der Waals surface area contributed by atoms with Crippen LogP contribution in [0.3, 0.4) is 0 Å². The fourth-order valence-corrected chi connectivity index (χ4v) is 2.93. The molecule has 1 fully saturated rings. The van der Waals surface area contributed by atoms with Crippen LogP contribution in [0, 0.1) is 0 Å². The number of carbonyl (C=O) groups excluding carboxylic acids is 2. The Labute approximate surface area is 133 Å². The molecule has 116 valence electrons. The second kappa shape index (κ2) is 6.51. The van der Waals surface area contributed by atoms with Gasteiger partial charge in [0, 0.05) is 57.5 Å². The number of amides is 3. The van der Waals surface area contributed by atoms with Crippen molar-refractivity contribution in [3.63, 3.8) is 0 Å². The summed E-state index contributed by atoms with van der Waals surface area (Å²) in [5, 5.41) is 0. The van der Waals surface area contributed by atoms with Crippen molar-refractivity contribution < 1.29 is 9.59 Å². The number of rotatable bonds is 2. The molecule has 0 radical (unpaired) electrons. The molecule has 0 saturated carbocycles. The molecule has 0 unspecified atom stereocenters. The highest BCUT2D eigenvalue weighted by Crippen LogP contribution is 2.17. The van der Waals surface area contributed by atoms with Gasteiger partial charge in [0.1, 0.15) is 5.69 Å². The van der Waals surface area contributed by atoms with Crippen molar-refractivity contribution in [3.05, 3.63) is 22.4 Å². The van der Waals surface area contributed by atoms with Gasteiger partial charge in [0.25, 0.3) is 5.91 Å². The van der Waals surface area contributed by atoms with Crippen LogP contribution in [-0.4, -0.2) is 71.5 Å². The Hall–Kier alpha value is -1.50. The van der Waals surface area contributed by atoms with Crippen LogP contribution in [-0.2, 0) is 6.54 Å². The summed E-state index contributed by atoms with van der Waals surface area (Å²) in [6.07, 6.45) is 1.92. The van der Waals surface area contributed by atoms with Gasteiger partial charge in [0.15, 0.2) is 0 Å². The van der Waals surface area contributed by atoms with Crippen molar-refractivity contribution in [3.8, 4) is 0 Å². The maximum atomic E-state index is 12.6. The third kappa shape index (κ3) is 3.40. The van der Waals surface area contributed by atoms with Crippen molar-refractivity contribution in [1.29, 1.82) is 0 Å². The van der Waals surface area contributed by atoms with E-state index in [-0.39, 0.29) is 11.9 Å². The van der Waals surface area contributed by atoms with Gasteiger partial charge in [-0.2, -0.15) is 0 Å². The van der Waals surface area contributed by atoms with Crippen LogP contribution in [0.4, 0.5) is 4.79 Å². The third-order valence-electron chi connectivity index (χ3n) is 3.64. The summed E-state index contributed by atoms with van der Waals surface area (Å²) in [6.45, 7) is 5.08. The van der Waals surface area contributed by atoms with E-state index in [2.05, 4.69) is 15.9 Å². The van der Waals surface area contributed by atoms with Gasteiger partial charge in [-0.15, -0.1) is 0 Å². The average Bonchev–Trinajstić information content (AvgIpc) is 2.86. The van der Waals surface area contributed by atoms with Crippen LogP contribution >= 0.6 is 15.9 Å². The topological polar surface area (TPSA) is 48.8 Å². The van der Waals surface area contributed by atoms with Crippen LogP contribution in [0.1, 0.15) is 17.4 Å². The van der Waals surface area contributed by atoms with Crippen LogP contribution < -0.4 is 0 Å². The van der Waals surface area contributed by atoms with Crippen molar-refractivity contribution >= 4 is 27.9 Å². The van der Waals surface area contributed by atoms with Gasteiger partial charge in [-0.05, 0) is 28.9 Å². The van der Waals surface area contributed by atoms with E-state index in [4.69, 9.17) is 0 Å². The van der Waals surface area contributed by atoms with E-state index in [0.717, 1.165) is 11.0 Å². The molecule has 2 rings (SSSR count). The number of aromatic nitrogens is 1. The number of carbonyl (C=O) groups is 2. The molecule has 3 amide bonds. The molecule has 1 aromatic heterocycles. The molecule has 0 N–H and O–H groups in total. The van der Waals surface area contributed by atoms with E-state index in [9.17, 15) is 9.59 Å². The SMILES string of the molecule is CCn1cc(Br)cc1C(=O)N1CCN(C(=O)N(C)C)CC1. The maximum Gasteiger partial charge on any atom is 0.319 e. The summed E-state index contributed by atoms with van der Waals surface area (Å²) in [5.74, 6) is 0.0273. The lowest BCUT2D eigenvalue weighted by molar-refractivity contribution is 0.0640. The van der Waals surface area contributed by atoms with E-state index < -0.39 is 0 Å². The fourth-order valence-electron chi connectivity index (χ4n) is 2.46. The monoisotopic (exact) mass is 356 g/mol. The summed E-state index contributed by atoms with van der Waals surface area (Å²) < 4.78 is 2.85. The van der Waals surface area contributed by atoms with Crippen LogP contribution in [0.25, 0.3) is 0 Å². The minimum absolute atomic E-state index is 0.00165. The first-order valence-electron chi connectivity index (χ1n) is 7.05. The Morgan fingerprint density at radius 3 is 2.29 bits per heavy atom. The molecular formula is C14H21BrN4O2. The lowest BCUT2D eigenvalue weighted by Gasteiger charge is -2.36. The fraction of sp³-hybridized carbons (Fsp3) is 0.571. The van der Waals surface area contributed by atoms with Gasteiger partial charge in [0.2, 0.25) is 0 Å². The smallest absolute Gasteiger partial charge is 0.319 e. The Bertz CT molecular complexity index is 533. The predicted octanol–water partition coefficient (Wildman–Crippen LogP) is 1.71. The van der Waals surface area contributed by atoms with Gasteiger partial charge in [-0.25, -0.2) is 4.79 Å². The standard InChI is InChI=1S/C14H21BrN4O2/c1-4-17-10-11(15)9-12(17)13(20)18-5-7-19(8-6-18)14(21)16(2)3/h9-10H,4-8H2,1-3H3. The van der Waals surface area contributed by atoms with Crippen molar-refractivity contribution in [2.24, 2.45) is 0 Å². The number of nitrogens with zero attached hydrogens (tertiary/aromatic N) is 4. The van der Waals surface area contributed by atoms with Crippen molar-refractivity contribution in [2.75, 3.05) is 40.3 Å². The van der Waals surface area contributed by atoms with Crippen molar-refractivity contribution in [1.82, 2.24) is 19.3 Å². The Morgan fingerprint density at radius 2 is 1.76 bits per heavy atom. The number of aryl methyl sites for hydroxylation is 1. The van der Waals surface area contributed by atoms with E-state index >= 15 is 0 Å². The van der Waals surface area contributed by atoms with E-state index in [0.29, 0.717) is 31.9 Å². The molecule has 0 aromatic carbocycles. The van der Waals surface area contributed by atoms with Crippen LogP contribution in [0.2, 0.25) is 0 Å².